The Bertz CT molecular complexity index is 2640. The zero-order valence-electron chi connectivity index (χ0n) is 39.8. The van der Waals surface area contributed by atoms with E-state index >= 15 is 0 Å². The van der Waals surface area contributed by atoms with Gasteiger partial charge in [0.25, 0.3) is 0 Å². The number of hydrogen-bond acceptors (Lipinski definition) is 26. The van der Waals surface area contributed by atoms with Crippen LogP contribution in [0.5, 0.6) is 0 Å². The fourth-order valence-corrected chi connectivity index (χ4v) is 7.90. The van der Waals surface area contributed by atoms with Crippen molar-refractivity contribution < 1.29 is 268 Å². The van der Waals surface area contributed by atoms with E-state index < -0.39 is 61.8 Å². The zero-order valence-corrected chi connectivity index (χ0v) is 55.6. The summed E-state index contributed by atoms with van der Waals surface area (Å²) in [5, 5.41) is 30.0. The van der Waals surface area contributed by atoms with E-state index in [4.69, 9.17) is 0 Å². The summed E-state index contributed by atoms with van der Waals surface area (Å²) in [6.07, 6.45) is 2.18. The number of anilines is 8. The van der Waals surface area contributed by atoms with Gasteiger partial charge in [-0.05, 0) is 61.1 Å². The van der Waals surface area contributed by atoms with Gasteiger partial charge in [-0.2, -0.15) is 29.9 Å². The first-order valence-electron chi connectivity index (χ1n) is 19.8. The van der Waals surface area contributed by atoms with E-state index in [1.807, 2.05) is 0 Å². The third-order valence-electron chi connectivity index (χ3n) is 9.05. The van der Waals surface area contributed by atoms with Crippen LogP contribution >= 0.6 is 0 Å². The maximum atomic E-state index is 12.6. The van der Waals surface area contributed by atoms with Gasteiger partial charge in [-0.3, -0.25) is 0 Å². The SMILES string of the molecule is CCN(CC(C)CO)c1nc(NCCS(=O)(=O)[O-])nc(Nc2ccc(C=Cc3ccc(Nc4nc(NCCS(=O)(=O)[O-])nc(N(CC)CC(C)CO)n4)cc3S(=O)(=O)[O-])c(S(=O)(=O)[O-])c2)n1.[K+].[K+].[K+].[K+]. The average molecular weight is 1160 g/mol. The van der Waals surface area contributed by atoms with Crippen LogP contribution in [0.25, 0.3) is 12.2 Å². The van der Waals surface area contributed by atoms with Gasteiger partial charge in [0.1, 0.15) is 20.2 Å². The van der Waals surface area contributed by atoms with Crippen LogP contribution < -0.4 is 237 Å². The van der Waals surface area contributed by atoms with Gasteiger partial charge >= 0.3 is 206 Å². The summed E-state index contributed by atoms with van der Waals surface area (Å²) in [6.45, 7) is 7.29. The first kappa shape index (κ1) is 71.1. The van der Waals surface area contributed by atoms with Crippen molar-refractivity contribution in [1.82, 2.24) is 29.9 Å². The molecular formula is C36H48K4N12O14S4. The molecule has 0 radical (unpaired) electrons. The molecule has 0 fully saturated rings. The summed E-state index contributed by atoms with van der Waals surface area (Å²) in [6, 6.07) is 6.95. The molecule has 26 nitrogen and oxygen atoms in total. The molecule has 34 heteroatoms. The Morgan fingerprint density at radius 1 is 0.557 bits per heavy atom. The van der Waals surface area contributed by atoms with Crippen molar-refractivity contribution in [2.24, 2.45) is 11.8 Å². The summed E-state index contributed by atoms with van der Waals surface area (Å²) >= 11 is 0. The second kappa shape index (κ2) is 32.8. The van der Waals surface area contributed by atoms with Crippen LogP contribution in [-0.4, -0.2) is 156 Å². The van der Waals surface area contributed by atoms with E-state index in [1.54, 1.807) is 37.5 Å². The van der Waals surface area contributed by atoms with E-state index in [9.17, 15) is 62.1 Å². The Morgan fingerprint density at radius 2 is 0.886 bits per heavy atom. The molecule has 0 spiro atoms. The number of hydrogen-bond donors (Lipinski definition) is 6. The molecule has 2 atom stereocenters. The maximum Gasteiger partial charge on any atom is 1.00 e. The first-order chi connectivity index (χ1) is 30.8. The van der Waals surface area contributed by atoms with Crippen LogP contribution in [0, 0.1) is 11.8 Å². The Balaban J connectivity index is 0.0000119. The Morgan fingerprint density at radius 3 is 1.17 bits per heavy atom. The number of rotatable bonds is 26. The van der Waals surface area contributed by atoms with Crippen LogP contribution in [0.3, 0.4) is 0 Å². The number of nitrogens with zero attached hydrogens (tertiary/aromatic N) is 8. The van der Waals surface area contributed by atoms with Crippen molar-refractivity contribution in [2.75, 3.05) is 95.1 Å². The van der Waals surface area contributed by atoms with Crippen molar-refractivity contribution >= 4 is 99.7 Å². The van der Waals surface area contributed by atoms with Crippen molar-refractivity contribution in [1.29, 1.82) is 0 Å². The Labute approximate surface area is 577 Å². The molecule has 0 saturated carbocycles. The summed E-state index contributed by atoms with van der Waals surface area (Å²) in [7, 11) is -19.7. The number of benzene rings is 2. The smallest absolute Gasteiger partial charge is 0.748 e. The predicted molar refractivity (Wildman–Crippen MR) is 238 cm³/mol. The molecule has 2 aromatic heterocycles. The molecule has 0 aliphatic carbocycles. The molecule has 0 amide bonds. The third kappa shape index (κ3) is 24.6. The molecule has 6 N–H and O–H groups in total. The number of aliphatic hydroxyl groups excluding tert-OH is 2. The van der Waals surface area contributed by atoms with E-state index in [-0.39, 0.29) is 315 Å². The Hall–Kier alpha value is 1.11. The third-order valence-corrected chi connectivity index (χ3v) is 12.2. The van der Waals surface area contributed by atoms with Crippen molar-refractivity contribution in [3.63, 3.8) is 0 Å². The van der Waals surface area contributed by atoms with Gasteiger partial charge in [-0.15, -0.1) is 0 Å². The van der Waals surface area contributed by atoms with Crippen LogP contribution in [0.15, 0.2) is 46.2 Å². The molecule has 2 heterocycles. The van der Waals surface area contributed by atoms with Crippen molar-refractivity contribution in [3.8, 4) is 0 Å². The number of nitrogens with one attached hydrogen (secondary N) is 4. The molecule has 364 valence electrons. The largest absolute Gasteiger partial charge is 1.00 e. The minimum absolute atomic E-state index is 0. The van der Waals surface area contributed by atoms with Crippen LogP contribution in [-0.2, 0) is 40.5 Å². The van der Waals surface area contributed by atoms with Crippen molar-refractivity contribution in [2.45, 2.75) is 37.5 Å². The molecule has 0 aliphatic heterocycles. The summed E-state index contributed by atoms with van der Waals surface area (Å²) in [4.78, 5) is 27.4. The minimum Gasteiger partial charge on any atom is -0.748 e. The summed E-state index contributed by atoms with van der Waals surface area (Å²) in [5.41, 5.74) is -0.509. The van der Waals surface area contributed by atoms with Crippen LogP contribution in [0.2, 0.25) is 0 Å². The maximum absolute atomic E-state index is 12.6. The molecule has 2 unspecified atom stereocenters. The Kier molecular flexibility index (Phi) is 33.3. The molecule has 0 aliphatic rings. The quantitative estimate of drug-likeness (QED) is 0.0193. The van der Waals surface area contributed by atoms with Gasteiger partial charge in [0, 0.05) is 63.9 Å². The fourth-order valence-electron chi connectivity index (χ4n) is 5.80. The number of aliphatic hydroxyl groups is 2. The van der Waals surface area contributed by atoms with E-state index in [0.29, 0.717) is 13.1 Å². The predicted octanol–water partition coefficient (Wildman–Crippen LogP) is -11.6. The monoisotopic (exact) mass is 1160 g/mol. The van der Waals surface area contributed by atoms with Gasteiger partial charge in [0.05, 0.1) is 41.5 Å². The topological polar surface area (TPSA) is 401 Å². The zero-order chi connectivity index (χ0) is 49.0. The molecule has 0 bridgehead atoms. The van der Waals surface area contributed by atoms with Gasteiger partial charge in [0.2, 0.25) is 35.7 Å². The fraction of sp³-hybridized carbons (Fsp3) is 0.444. The van der Waals surface area contributed by atoms with Gasteiger partial charge in [-0.25, -0.2) is 33.7 Å². The molecule has 4 rings (SSSR count). The van der Waals surface area contributed by atoms with Gasteiger partial charge < -0.3 is 59.5 Å². The molecular weight excluding hydrogens is 1110 g/mol. The van der Waals surface area contributed by atoms with Crippen LogP contribution in [0.1, 0.15) is 38.8 Å². The van der Waals surface area contributed by atoms with Crippen molar-refractivity contribution in [3.05, 3.63) is 47.5 Å². The normalized spacial score (nSPS) is 12.5. The van der Waals surface area contributed by atoms with Gasteiger partial charge in [-0.1, -0.05) is 38.1 Å². The van der Waals surface area contributed by atoms with E-state index in [0.717, 1.165) is 24.3 Å². The summed E-state index contributed by atoms with van der Waals surface area (Å²) in [5.74, 6) is -2.66. The van der Waals surface area contributed by atoms with E-state index in [2.05, 4.69) is 51.2 Å². The molecule has 0 saturated heterocycles. The van der Waals surface area contributed by atoms with Crippen LogP contribution in [0.4, 0.5) is 47.1 Å². The average Bonchev–Trinajstić information content (AvgIpc) is 3.22. The summed E-state index contributed by atoms with van der Waals surface area (Å²) < 4.78 is 142. The second-order valence-corrected chi connectivity index (χ2v) is 20.3. The van der Waals surface area contributed by atoms with E-state index in [1.165, 1.54) is 24.3 Å². The second-order valence-electron chi connectivity index (χ2n) is 14.6. The minimum atomic E-state index is -5.25. The standard InChI is InChI=1S/C36H52N12O14S4.4K/c1-5-47(19-23(3)21-49)35-43-31(37-13-15-63(51,52)53)41-33(45-35)39-27-11-9-25(29(17-27)65(57,58)59)7-8-26-10-12-28(18-30(26)66(60,61)62)40-34-42-32(38-14-16-64(54,55)56)44-36(46-34)48(6-2)20-24(4)22-50;;;;/h7-12,17-18,23-24,49-50H,5-6,13-16,19-22H2,1-4H3,(H,51,52,53)(H,54,55,56)(H,57,58,59)(H,60,61,62)(H2,37,39,41,43,45)(H2,38,40,42,44,46);;;;/q;4*+1/p-4. The first-order valence-corrected chi connectivity index (χ1v) is 25.8. The number of aromatic nitrogens is 6. The molecule has 4 aromatic rings. The van der Waals surface area contributed by atoms with Gasteiger partial charge in [0.15, 0.2) is 0 Å². The molecule has 2 aromatic carbocycles. The molecule has 70 heavy (non-hydrogen) atoms.